The summed E-state index contributed by atoms with van der Waals surface area (Å²) < 4.78 is 36.9. The average molecular weight is 519 g/mol. The summed E-state index contributed by atoms with van der Waals surface area (Å²) in [5.74, 6) is 1.35. The number of rotatable bonds is 7. The maximum atomic E-state index is 12.9. The lowest BCUT2D eigenvalue weighted by Crippen LogP contribution is -2.68. The van der Waals surface area contributed by atoms with Crippen molar-refractivity contribution in [3.63, 3.8) is 0 Å². The van der Waals surface area contributed by atoms with Crippen molar-refractivity contribution in [3.8, 4) is 28.8 Å². The molecule has 4 aromatic rings. The Bertz CT molecular complexity index is 1510. The van der Waals surface area contributed by atoms with Gasteiger partial charge in [-0.15, -0.1) is 5.10 Å². The Morgan fingerprint density at radius 1 is 1.16 bits per heavy atom. The zero-order valence-electron chi connectivity index (χ0n) is 20.5. The van der Waals surface area contributed by atoms with Gasteiger partial charge in [0.05, 0.1) is 18.8 Å². The number of nitrogen functional groups attached to an aromatic ring is 1. The van der Waals surface area contributed by atoms with Gasteiger partial charge in [-0.2, -0.15) is 14.0 Å². The molecule has 2 bridgehead atoms. The number of nitriles is 1. The fraction of sp³-hybridized carbons (Fsp3) is 0.308. The first-order valence-corrected chi connectivity index (χ1v) is 12.1. The summed E-state index contributed by atoms with van der Waals surface area (Å²) in [5.41, 5.74) is 8.72. The van der Waals surface area contributed by atoms with E-state index in [1.165, 1.54) is 16.8 Å². The molecular formula is C26H24F2N8O2. The highest BCUT2D eigenvalue weighted by Crippen LogP contribution is 2.37. The standard InChI is InChI=1S/C26H24F2N8O2/c1-37-23-5-2-15(9-32-23)11-35-17-6-18(35)13-34(12-17)22-4-3-16(10-31-22)20-7-19(38-26(27)28)14-36-24(20)21(8-29)25(30)33-36/h2-5,7,9-10,14,17-18,26H,6,11-13H2,1H3,(H2,30,33). The summed E-state index contributed by atoms with van der Waals surface area (Å²) in [6.07, 6.45) is 5.95. The van der Waals surface area contributed by atoms with E-state index in [1.54, 1.807) is 13.3 Å². The van der Waals surface area contributed by atoms with Crippen LogP contribution in [0.1, 0.15) is 17.5 Å². The molecule has 2 N–H and O–H groups in total. The number of piperazine rings is 1. The molecule has 194 valence electrons. The summed E-state index contributed by atoms with van der Waals surface area (Å²) in [4.78, 5) is 13.7. The van der Waals surface area contributed by atoms with Gasteiger partial charge in [-0.3, -0.25) is 4.90 Å². The SMILES string of the molecule is COc1ccc(CN2C3CC2CN(c2ccc(-c4cc(OC(F)F)cn5nc(N)c(C#N)c45)cn2)C3)cn1. The number of halogens is 2. The average Bonchev–Trinajstić information content (AvgIpc) is 3.26. The quantitative estimate of drug-likeness (QED) is 0.393. The first kappa shape index (κ1) is 23.9. The van der Waals surface area contributed by atoms with Crippen molar-refractivity contribution < 1.29 is 18.3 Å². The van der Waals surface area contributed by atoms with Crippen LogP contribution in [0.4, 0.5) is 20.4 Å². The normalized spacial score (nSPS) is 18.9. The molecule has 38 heavy (non-hydrogen) atoms. The number of fused-ring (bicyclic) bond motifs is 3. The molecule has 4 aromatic heterocycles. The zero-order chi connectivity index (χ0) is 26.4. The summed E-state index contributed by atoms with van der Waals surface area (Å²) >= 11 is 0. The molecule has 3 saturated heterocycles. The minimum atomic E-state index is -3.00. The van der Waals surface area contributed by atoms with E-state index in [2.05, 4.69) is 29.6 Å². The first-order valence-electron chi connectivity index (χ1n) is 12.1. The van der Waals surface area contributed by atoms with Crippen molar-refractivity contribution in [1.82, 2.24) is 24.5 Å². The van der Waals surface area contributed by atoms with Gasteiger partial charge in [0.1, 0.15) is 23.2 Å². The van der Waals surface area contributed by atoms with E-state index in [0.29, 0.717) is 34.6 Å². The number of nitrogens with zero attached hydrogens (tertiary/aromatic N) is 7. The molecule has 10 nitrogen and oxygen atoms in total. The minimum Gasteiger partial charge on any atom is -0.481 e. The second kappa shape index (κ2) is 9.42. The molecule has 0 spiro atoms. The first-order chi connectivity index (χ1) is 18.4. The number of nitrogens with two attached hydrogens (primary N) is 1. The lowest BCUT2D eigenvalue weighted by molar-refractivity contribution is -0.0501. The molecule has 0 aromatic carbocycles. The molecule has 3 aliphatic rings. The third-order valence-corrected chi connectivity index (χ3v) is 7.16. The number of hydrogen-bond acceptors (Lipinski definition) is 9. The van der Waals surface area contributed by atoms with Gasteiger partial charge in [-0.25, -0.2) is 14.5 Å². The molecule has 0 radical (unpaired) electrons. The van der Waals surface area contributed by atoms with E-state index >= 15 is 0 Å². The van der Waals surface area contributed by atoms with E-state index in [9.17, 15) is 14.0 Å². The molecule has 12 heteroatoms. The Kier molecular flexibility index (Phi) is 5.92. The molecule has 0 saturated carbocycles. The van der Waals surface area contributed by atoms with Crippen LogP contribution in [0.15, 0.2) is 48.9 Å². The number of alkyl halides is 2. The highest BCUT2D eigenvalue weighted by molar-refractivity contribution is 5.88. The van der Waals surface area contributed by atoms with Crippen LogP contribution in [0, 0.1) is 11.3 Å². The molecule has 2 unspecified atom stereocenters. The topological polar surface area (TPSA) is 118 Å². The smallest absolute Gasteiger partial charge is 0.387 e. The molecule has 3 fully saturated rings. The van der Waals surface area contributed by atoms with Crippen molar-refractivity contribution in [3.05, 3.63) is 60.0 Å². The minimum absolute atomic E-state index is 0.00930. The molecule has 0 aliphatic carbocycles. The molecule has 7 heterocycles. The fourth-order valence-electron chi connectivity index (χ4n) is 5.37. The highest BCUT2D eigenvalue weighted by Gasteiger charge is 2.44. The van der Waals surface area contributed by atoms with Gasteiger partial charge >= 0.3 is 6.61 Å². The van der Waals surface area contributed by atoms with E-state index in [4.69, 9.17) is 10.5 Å². The van der Waals surface area contributed by atoms with Crippen molar-refractivity contribution >= 4 is 17.2 Å². The number of piperidine rings is 1. The Labute approximate surface area is 216 Å². The Morgan fingerprint density at radius 2 is 1.97 bits per heavy atom. The summed E-state index contributed by atoms with van der Waals surface area (Å²) in [5, 5.41) is 13.7. The van der Waals surface area contributed by atoms with Crippen LogP contribution in [0.5, 0.6) is 11.6 Å². The summed E-state index contributed by atoms with van der Waals surface area (Å²) in [6, 6.07) is 12.0. The van der Waals surface area contributed by atoms with Gasteiger partial charge < -0.3 is 20.1 Å². The van der Waals surface area contributed by atoms with E-state index in [1.807, 2.05) is 36.5 Å². The zero-order valence-corrected chi connectivity index (χ0v) is 20.5. The van der Waals surface area contributed by atoms with Crippen LogP contribution >= 0.6 is 0 Å². The Morgan fingerprint density at radius 3 is 2.61 bits per heavy atom. The molecule has 7 rings (SSSR count). The van der Waals surface area contributed by atoms with Crippen LogP contribution in [0.2, 0.25) is 0 Å². The maximum absolute atomic E-state index is 12.9. The van der Waals surface area contributed by atoms with Crippen LogP contribution in [0.25, 0.3) is 16.6 Å². The molecular weight excluding hydrogens is 494 g/mol. The second-order valence-corrected chi connectivity index (χ2v) is 9.37. The number of anilines is 2. The number of pyridine rings is 3. The molecule has 2 atom stereocenters. The van der Waals surface area contributed by atoms with Gasteiger partial charge in [0.25, 0.3) is 0 Å². The number of aromatic nitrogens is 4. The fourth-order valence-corrected chi connectivity index (χ4v) is 5.37. The maximum Gasteiger partial charge on any atom is 0.387 e. The van der Waals surface area contributed by atoms with Gasteiger partial charge in [-0.1, -0.05) is 6.07 Å². The lowest BCUT2D eigenvalue weighted by atomic mass is 9.87. The predicted octanol–water partition coefficient (Wildman–Crippen LogP) is 3.32. The van der Waals surface area contributed by atoms with E-state index in [0.717, 1.165) is 37.4 Å². The van der Waals surface area contributed by atoms with E-state index in [-0.39, 0.29) is 17.1 Å². The van der Waals surface area contributed by atoms with Gasteiger partial charge in [0, 0.05) is 61.3 Å². The van der Waals surface area contributed by atoms with Crippen molar-refractivity contribution in [1.29, 1.82) is 5.26 Å². The lowest BCUT2D eigenvalue weighted by Gasteiger charge is -2.56. The predicted molar refractivity (Wildman–Crippen MR) is 135 cm³/mol. The van der Waals surface area contributed by atoms with Crippen LogP contribution in [-0.4, -0.2) is 63.4 Å². The van der Waals surface area contributed by atoms with Crippen molar-refractivity contribution in [2.24, 2.45) is 0 Å². The van der Waals surface area contributed by atoms with Gasteiger partial charge in [-0.05, 0) is 30.2 Å². The van der Waals surface area contributed by atoms with Crippen molar-refractivity contribution in [2.75, 3.05) is 30.8 Å². The number of methoxy groups -OCH3 is 1. The Balaban J connectivity index is 1.21. The van der Waals surface area contributed by atoms with Crippen LogP contribution in [0.3, 0.4) is 0 Å². The molecule has 3 aliphatic heterocycles. The second-order valence-electron chi connectivity index (χ2n) is 9.37. The monoisotopic (exact) mass is 518 g/mol. The summed E-state index contributed by atoms with van der Waals surface area (Å²) in [6.45, 7) is -0.455. The Hall–Kier alpha value is -4.50. The summed E-state index contributed by atoms with van der Waals surface area (Å²) in [7, 11) is 1.60. The third-order valence-electron chi connectivity index (χ3n) is 7.16. The van der Waals surface area contributed by atoms with Crippen molar-refractivity contribution in [2.45, 2.75) is 31.7 Å². The largest absolute Gasteiger partial charge is 0.481 e. The van der Waals surface area contributed by atoms with E-state index < -0.39 is 6.61 Å². The van der Waals surface area contributed by atoms with Crippen LogP contribution in [-0.2, 0) is 6.54 Å². The third kappa shape index (κ3) is 4.20. The number of ether oxygens (including phenoxy) is 2. The molecule has 0 amide bonds. The highest BCUT2D eigenvalue weighted by atomic mass is 19.3. The van der Waals surface area contributed by atoms with Crippen LogP contribution < -0.4 is 20.1 Å². The van der Waals surface area contributed by atoms with Gasteiger partial charge in [0.15, 0.2) is 5.82 Å². The number of hydrogen-bond donors (Lipinski definition) is 1. The van der Waals surface area contributed by atoms with Gasteiger partial charge in [0.2, 0.25) is 5.88 Å².